The van der Waals surface area contributed by atoms with Gasteiger partial charge in [-0.1, -0.05) is 42.6 Å². The number of anilines is 1. The first-order chi connectivity index (χ1) is 11.6. The second-order valence-corrected chi connectivity index (χ2v) is 6.75. The van der Waals surface area contributed by atoms with Gasteiger partial charge in [0.1, 0.15) is 6.33 Å². The zero-order chi connectivity index (χ0) is 16.7. The Labute approximate surface area is 144 Å². The molecule has 0 bridgehead atoms. The molecule has 1 aromatic heterocycles. The number of carbonyl (C=O) groups is 2. The minimum atomic E-state index is -0.193. The highest BCUT2D eigenvalue weighted by Gasteiger charge is 2.50. The molecule has 1 aromatic carbocycles. The largest absolute Gasteiger partial charge is 0.274 e. The molecule has 1 aliphatic heterocycles. The average molecular weight is 345 g/mol. The van der Waals surface area contributed by atoms with Crippen molar-refractivity contribution < 1.29 is 9.59 Å². The predicted octanol–water partition coefficient (Wildman–Crippen LogP) is 2.66. The molecule has 2 amide bonds. The Hall–Kier alpha value is -2.21. The fourth-order valence-electron chi connectivity index (χ4n) is 3.62. The van der Waals surface area contributed by atoms with Crippen LogP contribution in [-0.4, -0.2) is 26.6 Å². The van der Waals surface area contributed by atoms with Crippen LogP contribution in [0.25, 0.3) is 0 Å². The Kier molecular flexibility index (Phi) is 3.84. The summed E-state index contributed by atoms with van der Waals surface area (Å²) in [6.45, 7) is 0.440. The van der Waals surface area contributed by atoms with Crippen LogP contribution in [0.15, 0.2) is 30.6 Å². The van der Waals surface area contributed by atoms with E-state index in [0.717, 1.165) is 31.2 Å². The zero-order valence-electron chi connectivity index (χ0n) is 13.1. The van der Waals surface area contributed by atoms with E-state index in [1.54, 1.807) is 4.68 Å². The van der Waals surface area contributed by atoms with E-state index < -0.39 is 0 Å². The van der Waals surface area contributed by atoms with Gasteiger partial charge in [0, 0.05) is 5.02 Å². The number of amides is 2. The number of carbonyl (C=O) groups excluding carboxylic acids is 2. The number of fused-ring (bicyclic) bond motifs is 1. The number of hydrogen-bond donors (Lipinski definition) is 0. The fourth-order valence-corrected chi connectivity index (χ4v) is 3.82. The molecule has 1 saturated heterocycles. The molecule has 1 aliphatic carbocycles. The van der Waals surface area contributed by atoms with E-state index in [2.05, 4.69) is 10.1 Å². The van der Waals surface area contributed by atoms with E-state index in [4.69, 9.17) is 11.6 Å². The Morgan fingerprint density at radius 3 is 2.42 bits per heavy atom. The lowest BCUT2D eigenvalue weighted by Crippen LogP contribution is -2.32. The topological polar surface area (TPSA) is 68.1 Å². The number of aromatic nitrogens is 3. The molecule has 0 spiro atoms. The van der Waals surface area contributed by atoms with Crippen molar-refractivity contribution in [3.05, 3.63) is 41.2 Å². The number of imide groups is 1. The molecule has 1 saturated carbocycles. The molecule has 24 heavy (non-hydrogen) atoms. The van der Waals surface area contributed by atoms with Crippen LogP contribution >= 0.6 is 11.6 Å². The van der Waals surface area contributed by atoms with E-state index >= 15 is 0 Å². The molecular formula is C17H17ClN4O2. The van der Waals surface area contributed by atoms with Crippen molar-refractivity contribution in [2.24, 2.45) is 11.8 Å². The molecule has 7 heteroatoms. The van der Waals surface area contributed by atoms with Gasteiger partial charge in [0.15, 0.2) is 0 Å². The highest BCUT2D eigenvalue weighted by molar-refractivity contribution is 6.31. The number of halogens is 1. The van der Waals surface area contributed by atoms with Crippen molar-refractivity contribution in [3.8, 4) is 0 Å². The minimum absolute atomic E-state index is 0.153. The Bertz CT molecular complexity index is 779. The molecule has 6 nitrogen and oxygen atoms in total. The zero-order valence-corrected chi connectivity index (χ0v) is 13.8. The minimum Gasteiger partial charge on any atom is -0.274 e. The summed E-state index contributed by atoms with van der Waals surface area (Å²) in [5.41, 5.74) is 0.906. The molecule has 2 atom stereocenters. The summed E-state index contributed by atoms with van der Waals surface area (Å²) in [5.74, 6) is -0.518. The summed E-state index contributed by atoms with van der Waals surface area (Å²) >= 11 is 6.16. The Morgan fingerprint density at radius 1 is 1.08 bits per heavy atom. The molecule has 2 fully saturated rings. The van der Waals surface area contributed by atoms with Crippen LogP contribution in [0.5, 0.6) is 0 Å². The van der Waals surface area contributed by atoms with Crippen molar-refractivity contribution in [1.82, 2.24) is 14.8 Å². The summed E-state index contributed by atoms with van der Waals surface area (Å²) in [7, 11) is 0. The molecule has 2 aromatic rings. The molecular weight excluding hydrogens is 328 g/mol. The lowest BCUT2D eigenvalue weighted by atomic mass is 9.81. The van der Waals surface area contributed by atoms with Gasteiger partial charge >= 0.3 is 0 Å². The first kappa shape index (κ1) is 15.3. The first-order valence-corrected chi connectivity index (χ1v) is 8.53. The quantitative estimate of drug-likeness (QED) is 0.803. The third kappa shape index (κ3) is 2.51. The van der Waals surface area contributed by atoms with Gasteiger partial charge in [-0.05, 0) is 24.5 Å². The molecule has 0 unspecified atom stereocenters. The fraction of sp³-hybridized carbons (Fsp3) is 0.412. The summed E-state index contributed by atoms with van der Waals surface area (Å²) < 4.78 is 1.60. The van der Waals surface area contributed by atoms with Crippen LogP contribution in [0.4, 0.5) is 5.95 Å². The van der Waals surface area contributed by atoms with Crippen LogP contribution in [0.2, 0.25) is 5.02 Å². The maximum absolute atomic E-state index is 12.6. The van der Waals surface area contributed by atoms with Crippen LogP contribution in [0.1, 0.15) is 31.2 Å². The molecule has 2 aliphatic rings. The molecule has 4 rings (SSSR count). The monoisotopic (exact) mass is 344 g/mol. The van der Waals surface area contributed by atoms with E-state index in [-0.39, 0.29) is 29.6 Å². The van der Waals surface area contributed by atoms with Crippen molar-refractivity contribution in [1.29, 1.82) is 0 Å². The van der Waals surface area contributed by atoms with E-state index in [0.29, 0.717) is 11.6 Å². The summed E-state index contributed by atoms with van der Waals surface area (Å²) in [6, 6.07) is 7.48. The van der Waals surface area contributed by atoms with Gasteiger partial charge in [-0.3, -0.25) is 9.59 Å². The van der Waals surface area contributed by atoms with Crippen molar-refractivity contribution in [2.75, 3.05) is 4.90 Å². The second kappa shape index (κ2) is 6.02. The standard InChI is InChI=1S/C17H17ClN4O2/c18-14-8-4-1-5-11(14)9-21-10-19-17(20-21)22-15(23)12-6-2-3-7-13(12)16(22)24/h1,4-5,8,10,12-13H,2-3,6-7,9H2/t12-,13+. The Balaban J connectivity index is 1.57. The molecule has 0 radical (unpaired) electrons. The summed E-state index contributed by atoms with van der Waals surface area (Å²) in [6.07, 6.45) is 5.10. The highest BCUT2D eigenvalue weighted by Crippen LogP contribution is 2.39. The van der Waals surface area contributed by atoms with Crippen molar-refractivity contribution in [2.45, 2.75) is 32.2 Å². The lowest BCUT2D eigenvalue weighted by molar-refractivity contribution is -0.122. The summed E-state index contributed by atoms with van der Waals surface area (Å²) in [4.78, 5) is 30.5. The summed E-state index contributed by atoms with van der Waals surface area (Å²) in [5, 5.41) is 4.97. The van der Waals surface area contributed by atoms with Crippen LogP contribution < -0.4 is 4.90 Å². The predicted molar refractivity (Wildman–Crippen MR) is 88.5 cm³/mol. The van der Waals surface area contributed by atoms with Crippen molar-refractivity contribution >= 4 is 29.4 Å². The van der Waals surface area contributed by atoms with E-state index in [1.165, 1.54) is 11.2 Å². The van der Waals surface area contributed by atoms with Gasteiger partial charge in [0.2, 0.25) is 11.8 Å². The van der Waals surface area contributed by atoms with Gasteiger partial charge in [-0.25, -0.2) is 9.58 Å². The SMILES string of the molecule is O=C1[C@H]2CCCC[C@H]2C(=O)N1c1ncn(Cc2ccccc2Cl)n1. The van der Waals surface area contributed by atoms with Crippen LogP contribution in [0, 0.1) is 11.8 Å². The van der Waals surface area contributed by atoms with E-state index in [1.807, 2.05) is 24.3 Å². The van der Waals surface area contributed by atoms with Crippen molar-refractivity contribution in [3.63, 3.8) is 0 Å². The third-order valence-electron chi connectivity index (χ3n) is 4.86. The molecule has 2 heterocycles. The van der Waals surface area contributed by atoms with Gasteiger partial charge < -0.3 is 0 Å². The molecule has 0 N–H and O–H groups in total. The molecule has 124 valence electrons. The number of hydrogen-bond acceptors (Lipinski definition) is 4. The number of benzene rings is 1. The van der Waals surface area contributed by atoms with Crippen LogP contribution in [0.3, 0.4) is 0 Å². The smallest absolute Gasteiger partial charge is 0.258 e. The van der Waals surface area contributed by atoms with Gasteiger partial charge in [-0.2, -0.15) is 4.98 Å². The van der Waals surface area contributed by atoms with Crippen LogP contribution in [-0.2, 0) is 16.1 Å². The number of nitrogens with zero attached hydrogens (tertiary/aromatic N) is 4. The lowest BCUT2D eigenvalue weighted by Gasteiger charge is -2.19. The number of rotatable bonds is 3. The second-order valence-electron chi connectivity index (χ2n) is 6.34. The first-order valence-electron chi connectivity index (χ1n) is 8.16. The van der Waals surface area contributed by atoms with E-state index in [9.17, 15) is 9.59 Å². The average Bonchev–Trinajstić information content (AvgIpc) is 3.14. The maximum atomic E-state index is 12.6. The third-order valence-corrected chi connectivity index (χ3v) is 5.22. The maximum Gasteiger partial charge on any atom is 0.258 e. The van der Waals surface area contributed by atoms with Gasteiger partial charge in [-0.15, -0.1) is 5.10 Å². The van der Waals surface area contributed by atoms with Gasteiger partial charge in [0.25, 0.3) is 5.95 Å². The Morgan fingerprint density at radius 2 is 1.75 bits per heavy atom. The normalized spacial score (nSPS) is 23.6. The van der Waals surface area contributed by atoms with Gasteiger partial charge in [0.05, 0.1) is 18.4 Å². The highest BCUT2D eigenvalue weighted by atomic mass is 35.5.